The van der Waals surface area contributed by atoms with E-state index in [2.05, 4.69) is 44.6 Å². The number of rotatable bonds is 1. The first kappa shape index (κ1) is 13.4. The molecule has 2 aliphatic heterocycles. The summed E-state index contributed by atoms with van der Waals surface area (Å²) in [6.07, 6.45) is 5.47. The lowest BCUT2D eigenvalue weighted by Gasteiger charge is -2.52. The van der Waals surface area contributed by atoms with Crippen LogP contribution in [0.15, 0.2) is 0 Å². The van der Waals surface area contributed by atoms with Crippen molar-refractivity contribution < 1.29 is 0 Å². The van der Waals surface area contributed by atoms with Crippen molar-refractivity contribution >= 4 is 0 Å². The van der Waals surface area contributed by atoms with Crippen LogP contribution in [0, 0.1) is 11.8 Å². The molecular formula is C15H30N2. The lowest BCUT2D eigenvalue weighted by atomic mass is 9.88. The Kier molecular flexibility index (Phi) is 4.14. The molecule has 0 N–H and O–H groups in total. The summed E-state index contributed by atoms with van der Waals surface area (Å²) < 4.78 is 0. The molecule has 2 aliphatic rings. The van der Waals surface area contributed by atoms with Crippen LogP contribution in [-0.2, 0) is 0 Å². The van der Waals surface area contributed by atoms with Crippen molar-refractivity contribution in [1.82, 2.24) is 10.0 Å². The van der Waals surface area contributed by atoms with E-state index in [0.717, 1.165) is 30.0 Å². The van der Waals surface area contributed by atoms with Crippen LogP contribution >= 0.6 is 0 Å². The second-order valence-electron chi connectivity index (χ2n) is 6.80. The van der Waals surface area contributed by atoms with Crippen LogP contribution in [0.5, 0.6) is 0 Å². The van der Waals surface area contributed by atoms with Gasteiger partial charge in [0.15, 0.2) is 0 Å². The van der Waals surface area contributed by atoms with Gasteiger partial charge in [-0.2, -0.15) is 0 Å². The predicted molar refractivity (Wildman–Crippen MR) is 73.7 cm³/mol. The molecule has 2 nitrogen and oxygen atoms in total. The first-order valence-corrected chi connectivity index (χ1v) is 7.54. The SMILES string of the molecule is CC1CCN(N2C(C)CC(C)CC2C)C(C)C1. The van der Waals surface area contributed by atoms with E-state index in [-0.39, 0.29) is 0 Å². The molecule has 0 aromatic carbocycles. The minimum atomic E-state index is 0.726. The van der Waals surface area contributed by atoms with Crippen molar-refractivity contribution in [2.75, 3.05) is 6.54 Å². The van der Waals surface area contributed by atoms with Crippen LogP contribution < -0.4 is 0 Å². The Balaban J connectivity index is 2.05. The molecule has 0 saturated carbocycles. The van der Waals surface area contributed by atoms with Gasteiger partial charge in [-0.15, -0.1) is 0 Å². The lowest BCUT2D eigenvalue weighted by Crippen LogP contribution is -2.60. The Hall–Kier alpha value is -0.0800. The minimum absolute atomic E-state index is 0.726. The molecule has 4 atom stereocenters. The van der Waals surface area contributed by atoms with E-state index in [0.29, 0.717) is 0 Å². The second-order valence-corrected chi connectivity index (χ2v) is 6.80. The maximum atomic E-state index is 2.70. The number of hydrogen-bond donors (Lipinski definition) is 0. The average Bonchev–Trinajstić information content (AvgIpc) is 2.19. The highest BCUT2D eigenvalue weighted by Crippen LogP contribution is 2.33. The number of hydrazine groups is 1. The topological polar surface area (TPSA) is 6.48 Å². The number of hydrogen-bond acceptors (Lipinski definition) is 2. The van der Waals surface area contributed by atoms with Gasteiger partial charge in [0, 0.05) is 24.7 Å². The molecule has 4 unspecified atom stereocenters. The van der Waals surface area contributed by atoms with Crippen LogP contribution in [0.1, 0.15) is 60.3 Å². The zero-order valence-corrected chi connectivity index (χ0v) is 12.3. The summed E-state index contributed by atoms with van der Waals surface area (Å²) in [6.45, 7) is 13.3. The van der Waals surface area contributed by atoms with Crippen LogP contribution in [0.2, 0.25) is 0 Å². The van der Waals surface area contributed by atoms with Gasteiger partial charge >= 0.3 is 0 Å². The molecule has 2 saturated heterocycles. The Labute approximate surface area is 107 Å². The van der Waals surface area contributed by atoms with Crippen LogP contribution in [0.4, 0.5) is 0 Å². The molecular weight excluding hydrogens is 208 g/mol. The van der Waals surface area contributed by atoms with Crippen LogP contribution in [0.3, 0.4) is 0 Å². The van der Waals surface area contributed by atoms with E-state index in [1.54, 1.807) is 0 Å². The zero-order chi connectivity index (χ0) is 12.6. The molecule has 100 valence electrons. The smallest absolute Gasteiger partial charge is 0.0223 e. The van der Waals surface area contributed by atoms with Gasteiger partial charge in [-0.3, -0.25) is 0 Å². The number of nitrogens with zero attached hydrogens (tertiary/aromatic N) is 2. The van der Waals surface area contributed by atoms with Crippen molar-refractivity contribution in [2.24, 2.45) is 11.8 Å². The fourth-order valence-corrected chi connectivity index (χ4v) is 4.16. The first-order chi connectivity index (χ1) is 7.99. The van der Waals surface area contributed by atoms with Gasteiger partial charge < -0.3 is 0 Å². The summed E-state index contributed by atoms with van der Waals surface area (Å²) in [5, 5.41) is 5.39. The monoisotopic (exact) mass is 238 g/mol. The second kappa shape index (κ2) is 5.27. The molecule has 2 fully saturated rings. The molecule has 2 heteroatoms. The van der Waals surface area contributed by atoms with Crippen LogP contribution in [0.25, 0.3) is 0 Å². The molecule has 0 bridgehead atoms. The molecule has 2 heterocycles. The van der Waals surface area contributed by atoms with Gasteiger partial charge in [0.1, 0.15) is 0 Å². The minimum Gasteiger partial charge on any atom is -0.238 e. The summed E-state index contributed by atoms with van der Waals surface area (Å²) in [5.74, 6) is 1.81. The predicted octanol–water partition coefficient (Wildman–Crippen LogP) is 3.53. The Bertz CT molecular complexity index is 241. The normalized spacial score (nSPS) is 46.1. The Morgan fingerprint density at radius 3 is 1.76 bits per heavy atom. The van der Waals surface area contributed by atoms with Gasteiger partial charge in [0.05, 0.1) is 0 Å². The summed E-state index contributed by atoms with van der Waals surface area (Å²) in [7, 11) is 0. The third kappa shape index (κ3) is 2.85. The van der Waals surface area contributed by atoms with Crippen molar-refractivity contribution in [2.45, 2.75) is 78.4 Å². The third-order valence-electron chi connectivity index (χ3n) is 4.79. The largest absolute Gasteiger partial charge is 0.238 e. The van der Waals surface area contributed by atoms with Crippen molar-refractivity contribution in [3.8, 4) is 0 Å². The maximum Gasteiger partial charge on any atom is 0.0223 e. The Morgan fingerprint density at radius 2 is 1.24 bits per heavy atom. The molecule has 0 aliphatic carbocycles. The van der Waals surface area contributed by atoms with Gasteiger partial charge in [-0.1, -0.05) is 13.8 Å². The molecule has 0 aromatic rings. The molecule has 0 spiro atoms. The molecule has 0 radical (unpaired) electrons. The van der Waals surface area contributed by atoms with Gasteiger partial charge in [0.2, 0.25) is 0 Å². The highest BCUT2D eigenvalue weighted by Gasteiger charge is 2.36. The fraction of sp³-hybridized carbons (Fsp3) is 1.00. The van der Waals surface area contributed by atoms with E-state index in [9.17, 15) is 0 Å². The van der Waals surface area contributed by atoms with Crippen molar-refractivity contribution in [3.05, 3.63) is 0 Å². The molecule has 0 aromatic heterocycles. The molecule has 17 heavy (non-hydrogen) atoms. The highest BCUT2D eigenvalue weighted by atomic mass is 15.7. The summed E-state index contributed by atoms with van der Waals surface area (Å²) in [5.41, 5.74) is 0. The zero-order valence-electron chi connectivity index (χ0n) is 12.3. The third-order valence-corrected chi connectivity index (χ3v) is 4.79. The van der Waals surface area contributed by atoms with Gasteiger partial charge in [0.25, 0.3) is 0 Å². The standard InChI is InChI=1S/C15H30N2/c1-11-6-7-16(13(3)8-11)17-14(4)9-12(2)10-15(17)5/h11-15H,6-10H2,1-5H3. The van der Waals surface area contributed by atoms with Gasteiger partial charge in [-0.05, 0) is 58.3 Å². The van der Waals surface area contributed by atoms with E-state index in [4.69, 9.17) is 0 Å². The fourth-order valence-electron chi connectivity index (χ4n) is 4.16. The van der Waals surface area contributed by atoms with Crippen molar-refractivity contribution in [3.63, 3.8) is 0 Å². The van der Waals surface area contributed by atoms with E-state index in [1.165, 1.54) is 32.2 Å². The highest BCUT2D eigenvalue weighted by molar-refractivity contribution is 4.85. The summed E-state index contributed by atoms with van der Waals surface area (Å²) in [4.78, 5) is 0. The number of piperidine rings is 2. The lowest BCUT2D eigenvalue weighted by molar-refractivity contribution is -0.150. The van der Waals surface area contributed by atoms with E-state index in [1.807, 2.05) is 0 Å². The maximum absolute atomic E-state index is 2.70. The van der Waals surface area contributed by atoms with Crippen molar-refractivity contribution in [1.29, 1.82) is 0 Å². The molecule has 2 rings (SSSR count). The van der Waals surface area contributed by atoms with E-state index < -0.39 is 0 Å². The Morgan fingerprint density at radius 1 is 0.706 bits per heavy atom. The van der Waals surface area contributed by atoms with E-state index >= 15 is 0 Å². The summed E-state index contributed by atoms with van der Waals surface area (Å²) in [6, 6.07) is 2.19. The quantitative estimate of drug-likeness (QED) is 0.689. The van der Waals surface area contributed by atoms with Gasteiger partial charge in [-0.25, -0.2) is 10.0 Å². The molecule has 0 amide bonds. The van der Waals surface area contributed by atoms with Crippen LogP contribution in [-0.4, -0.2) is 34.7 Å². The first-order valence-electron chi connectivity index (χ1n) is 7.54. The summed E-state index contributed by atoms with van der Waals surface area (Å²) >= 11 is 0. The average molecular weight is 238 g/mol.